The lowest BCUT2D eigenvalue weighted by molar-refractivity contribution is -0.139. The summed E-state index contributed by atoms with van der Waals surface area (Å²) in [6.07, 6.45) is 9.62. The zero-order valence-corrected chi connectivity index (χ0v) is 13.9. The molecule has 2 aliphatic heterocycles. The van der Waals surface area contributed by atoms with E-state index in [2.05, 4.69) is 34.9 Å². The molecule has 0 radical (unpaired) electrons. The van der Waals surface area contributed by atoms with Crippen molar-refractivity contribution in [1.29, 1.82) is 0 Å². The summed E-state index contributed by atoms with van der Waals surface area (Å²) in [6, 6.07) is 0.422. The monoisotopic (exact) mass is 304 g/mol. The predicted octanol–water partition coefficient (Wildman–Crippen LogP) is 2.06. The number of hydrogen-bond donors (Lipinski definition) is 0. The van der Waals surface area contributed by atoms with Gasteiger partial charge in [-0.15, -0.1) is 0 Å². The summed E-state index contributed by atoms with van der Waals surface area (Å²) in [5, 5.41) is 4.38. The number of aryl methyl sites for hydroxylation is 1. The van der Waals surface area contributed by atoms with E-state index in [0.717, 1.165) is 45.4 Å². The largest absolute Gasteiger partial charge is 0.336 e. The standard InChI is InChI=1S/C17H28N4O/c1-3-19-9-5-4-8-16(19)17(22)21-10-6-7-15(21)13-20-12-14(2)11-18-20/h11-12,15-16H,3-10,13H2,1-2H3/t15-,16+/m1/s1. The number of piperidine rings is 1. The highest BCUT2D eigenvalue weighted by Gasteiger charge is 2.36. The smallest absolute Gasteiger partial charge is 0.240 e. The van der Waals surface area contributed by atoms with Crippen LogP contribution in [-0.4, -0.2) is 57.2 Å². The first-order valence-corrected chi connectivity index (χ1v) is 8.72. The van der Waals surface area contributed by atoms with Crippen molar-refractivity contribution in [2.75, 3.05) is 19.6 Å². The van der Waals surface area contributed by atoms with Crippen molar-refractivity contribution in [2.45, 2.75) is 64.6 Å². The molecule has 3 rings (SSSR count). The fraction of sp³-hybridized carbons (Fsp3) is 0.765. The second kappa shape index (κ2) is 6.82. The molecule has 2 atom stereocenters. The maximum absolute atomic E-state index is 13.0. The van der Waals surface area contributed by atoms with E-state index in [0.29, 0.717) is 11.9 Å². The number of nitrogens with zero attached hydrogens (tertiary/aromatic N) is 4. The topological polar surface area (TPSA) is 41.4 Å². The summed E-state index contributed by atoms with van der Waals surface area (Å²) in [7, 11) is 0. The summed E-state index contributed by atoms with van der Waals surface area (Å²) in [5.41, 5.74) is 1.18. The van der Waals surface area contributed by atoms with Gasteiger partial charge in [-0.3, -0.25) is 14.4 Å². The Labute approximate surface area is 133 Å². The maximum Gasteiger partial charge on any atom is 0.240 e. The summed E-state index contributed by atoms with van der Waals surface area (Å²) in [5.74, 6) is 0.355. The van der Waals surface area contributed by atoms with Crippen molar-refractivity contribution in [3.8, 4) is 0 Å². The molecular formula is C17H28N4O. The van der Waals surface area contributed by atoms with E-state index < -0.39 is 0 Å². The molecule has 5 nitrogen and oxygen atoms in total. The van der Waals surface area contributed by atoms with E-state index in [4.69, 9.17) is 0 Å². The minimum absolute atomic E-state index is 0.110. The Bertz CT molecular complexity index is 513. The Kier molecular flexibility index (Phi) is 4.81. The molecule has 5 heteroatoms. The third-order valence-electron chi connectivity index (χ3n) is 5.13. The molecule has 1 aromatic heterocycles. The third kappa shape index (κ3) is 3.19. The van der Waals surface area contributed by atoms with Crippen LogP contribution in [0.5, 0.6) is 0 Å². The van der Waals surface area contributed by atoms with Gasteiger partial charge < -0.3 is 4.90 Å². The van der Waals surface area contributed by atoms with Crippen molar-refractivity contribution in [3.63, 3.8) is 0 Å². The molecule has 0 spiro atoms. The molecule has 0 unspecified atom stereocenters. The van der Waals surface area contributed by atoms with E-state index >= 15 is 0 Å². The highest BCUT2D eigenvalue weighted by Crippen LogP contribution is 2.25. The Morgan fingerprint density at radius 1 is 1.27 bits per heavy atom. The van der Waals surface area contributed by atoms with Crippen molar-refractivity contribution in [2.24, 2.45) is 0 Å². The van der Waals surface area contributed by atoms with Crippen LogP contribution in [0.15, 0.2) is 12.4 Å². The molecule has 2 saturated heterocycles. The Hall–Kier alpha value is -1.36. The van der Waals surface area contributed by atoms with E-state index in [1.807, 2.05) is 10.9 Å². The quantitative estimate of drug-likeness (QED) is 0.855. The molecule has 0 saturated carbocycles. The van der Waals surface area contributed by atoms with Crippen molar-refractivity contribution in [3.05, 3.63) is 18.0 Å². The Morgan fingerprint density at radius 3 is 2.86 bits per heavy atom. The van der Waals surface area contributed by atoms with Crippen LogP contribution in [0.1, 0.15) is 44.6 Å². The van der Waals surface area contributed by atoms with Crippen LogP contribution in [-0.2, 0) is 11.3 Å². The zero-order chi connectivity index (χ0) is 15.5. The molecule has 22 heavy (non-hydrogen) atoms. The van der Waals surface area contributed by atoms with Gasteiger partial charge in [-0.25, -0.2) is 0 Å². The fourth-order valence-corrected chi connectivity index (χ4v) is 3.94. The van der Waals surface area contributed by atoms with E-state index in [1.165, 1.54) is 18.4 Å². The Balaban J connectivity index is 1.67. The number of carbonyl (C=O) groups is 1. The van der Waals surface area contributed by atoms with E-state index in [9.17, 15) is 4.79 Å². The maximum atomic E-state index is 13.0. The van der Waals surface area contributed by atoms with Crippen molar-refractivity contribution < 1.29 is 4.79 Å². The highest BCUT2D eigenvalue weighted by molar-refractivity contribution is 5.82. The average Bonchev–Trinajstić information content (AvgIpc) is 3.16. The molecule has 0 aromatic carbocycles. The number of aromatic nitrogens is 2. The second-order valence-electron chi connectivity index (χ2n) is 6.71. The van der Waals surface area contributed by atoms with Crippen LogP contribution in [0.3, 0.4) is 0 Å². The van der Waals surface area contributed by atoms with Crippen LogP contribution in [0.4, 0.5) is 0 Å². The number of likely N-dealkylation sites (N-methyl/N-ethyl adjacent to an activating group) is 1. The van der Waals surface area contributed by atoms with Crippen LogP contribution >= 0.6 is 0 Å². The fourth-order valence-electron chi connectivity index (χ4n) is 3.94. The van der Waals surface area contributed by atoms with Gasteiger partial charge in [-0.1, -0.05) is 13.3 Å². The third-order valence-corrected chi connectivity index (χ3v) is 5.13. The molecule has 1 aromatic rings. The average molecular weight is 304 g/mol. The summed E-state index contributed by atoms with van der Waals surface area (Å²) in [6.45, 7) is 8.02. The van der Waals surface area contributed by atoms with Gasteiger partial charge in [0, 0.05) is 12.7 Å². The van der Waals surface area contributed by atoms with Crippen LogP contribution in [0.25, 0.3) is 0 Å². The first-order valence-electron chi connectivity index (χ1n) is 8.72. The number of likely N-dealkylation sites (tertiary alicyclic amines) is 2. The van der Waals surface area contributed by atoms with Gasteiger partial charge in [0.2, 0.25) is 5.91 Å². The molecular weight excluding hydrogens is 276 g/mol. The molecule has 2 aliphatic rings. The number of rotatable bonds is 4. The normalized spacial score (nSPS) is 26.5. The lowest BCUT2D eigenvalue weighted by Gasteiger charge is -2.37. The zero-order valence-electron chi connectivity index (χ0n) is 13.9. The number of carbonyl (C=O) groups excluding carboxylic acids is 1. The minimum Gasteiger partial charge on any atom is -0.336 e. The number of amides is 1. The first-order chi connectivity index (χ1) is 10.7. The van der Waals surface area contributed by atoms with E-state index in [-0.39, 0.29) is 6.04 Å². The van der Waals surface area contributed by atoms with Crippen LogP contribution in [0, 0.1) is 6.92 Å². The predicted molar refractivity (Wildman–Crippen MR) is 86.6 cm³/mol. The van der Waals surface area contributed by atoms with Gasteiger partial charge >= 0.3 is 0 Å². The minimum atomic E-state index is 0.110. The highest BCUT2D eigenvalue weighted by atomic mass is 16.2. The molecule has 3 heterocycles. The van der Waals surface area contributed by atoms with Gasteiger partial charge in [-0.05, 0) is 51.3 Å². The van der Waals surface area contributed by atoms with Gasteiger partial charge in [0.1, 0.15) is 0 Å². The lowest BCUT2D eigenvalue weighted by atomic mass is 10.0. The van der Waals surface area contributed by atoms with Gasteiger partial charge in [0.25, 0.3) is 0 Å². The van der Waals surface area contributed by atoms with Crippen LogP contribution < -0.4 is 0 Å². The lowest BCUT2D eigenvalue weighted by Crippen LogP contribution is -2.52. The van der Waals surface area contributed by atoms with Crippen molar-refractivity contribution >= 4 is 5.91 Å². The molecule has 0 aliphatic carbocycles. The molecule has 0 bridgehead atoms. The van der Waals surface area contributed by atoms with E-state index in [1.54, 1.807) is 0 Å². The second-order valence-corrected chi connectivity index (χ2v) is 6.71. The van der Waals surface area contributed by atoms with Gasteiger partial charge in [-0.2, -0.15) is 5.10 Å². The summed E-state index contributed by atoms with van der Waals surface area (Å²) in [4.78, 5) is 17.5. The molecule has 122 valence electrons. The summed E-state index contributed by atoms with van der Waals surface area (Å²) < 4.78 is 1.99. The van der Waals surface area contributed by atoms with Gasteiger partial charge in [0.05, 0.1) is 24.8 Å². The SMILES string of the molecule is CCN1CCCC[C@H]1C(=O)N1CCC[C@@H]1Cn1cc(C)cn1. The molecule has 0 N–H and O–H groups in total. The van der Waals surface area contributed by atoms with Gasteiger partial charge in [0.15, 0.2) is 0 Å². The molecule has 1 amide bonds. The van der Waals surface area contributed by atoms with Crippen molar-refractivity contribution in [1.82, 2.24) is 19.6 Å². The molecule has 2 fully saturated rings. The number of hydrogen-bond acceptors (Lipinski definition) is 3. The Morgan fingerprint density at radius 2 is 2.14 bits per heavy atom. The summed E-state index contributed by atoms with van der Waals surface area (Å²) >= 11 is 0. The first kappa shape index (κ1) is 15.5. The van der Waals surface area contributed by atoms with Crippen LogP contribution in [0.2, 0.25) is 0 Å².